The Hall–Kier alpha value is -0.0800. The summed E-state index contributed by atoms with van der Waals surface area (Å²) in [6, 6.07) is 0. The zero-order valence-corrected chi connectivity index (χ0v) is 9.04. The van der Waals surface area contributed by atoms with Gasteiger partial charge in [0.2, 0.25) is 0 Å². The van der Waals surface area contributed by atoms with E-state index in [4.69, 9.17) is 0 Å². The van der Waals surface area contributed by atoms with Gasteiger partial charge in [-0.3, -0.25) is 0 Å². The van der Waals surface area contributed by atoms with Crippen LogP contribution in [0.15, 0.2) is 0 Å². The van der Waals surface area contributed by atoms with E-state index in [0.717, 1.165) is 31.3 Å². The van der Waals surface area contributed by atoms with Crippen molar-refractivity contribution in [2.45, 2.75) is 51.0 Å². The molecule has 2 unspecified atom stereocenters. The van der Waals surface area contributed by atoms with Crippen molar-refractivity contribution in [2.24, 2.45) is 11.8 Å². The summed E-state index contributed by atoms with van der Waals surface area (Å²) in [5.74, 6) is 1.70. The molecule has 1 heterocycles. The maximum absolute atomic E-state index is 9.55. The average Bonchev–Trinajstić information content (AvgIpc) is 2.19. The van der Waals surface area contributed by atoms with Crippen LogP contribution in [0.3, 0.4) is 0 Å². The van der Waals surface area contributed by atoms with Crippen molar-refractivity contribution in [3.05, 3.63) is 0 Å². The van der Waals surface area contributed by atoms with Gasteiger partial charge in [-0.1, -0.05) is 32.1 Å². The van der Waals surface area contributed by atoms with E-state index in [-0.39, 0.29) is 6.10 Å². The minimum absolute atomic E-state index is 0.0858. The van der Waals surface area contributed by atoms with Crippen LogP contribution in [0, 0.1) is 11.8 Å². The number of hydrogen-bond acceptors (Lipinski definition) is 2. The van der Waals surface area contributed by atoms with Gasteiger partial charge in [0.1, 0.15) is 0 Å². The minimum Gasteiger partial charge on any atom is -0.392 e. The zero-order chi connectivity index (χ0) is 9.80. The second-order valence-electron chi connectivity index (χ2n) is 5.15. The number of aliphatic hydroxyl groups excluding tert-OH is 1. The van der Waals surface area contributed by atoms with Crippen molar-refractivity contribution in [3.63, 3.8) is 0 Å². The summed E-state index contributed by atoms with van der Waals surface area (Å²) in [7, 11) is 0. The van der Waals surface area contributed by atoms with Gasteiger partial charge < -0.3 is 10.4 Å². The minimum atomic E-state index is -0.0858. The van der Waals surface area contributed by atoms with Gasteiger partial charge in [0, 0.05) is 6.54 Å². The Balaban J connectivity index is 1.72. The molecule has 2 atom stereocenters. The molecule has 0 bridgehead atoms. The molecule has 0 radical (unpaired) electrons. The highest BCUT2D eigenvalue weighted by Gasteiger charge is 2.23. The van der Waals surface area contributed by atoms with Crippen LogP contribution in [0.1, 0.15) is 44.9 Å². The first-order chi connectivity index (χ1) is 6.84. The van der Waals surface area contributed by atoms with Crippen LogP contribution in [-0.4, -0.2) is 24.3 Å². The van der Waals surface area contributed by atoms with E-state index >= 15 is 0 Å². The van der Waals surface area contributed by atoms with Gasteiger partial charge in [0.25, 0.3) is 0 Å². The summed E-state index contributed by atoms with van der Waals surface area (Å²) in [6.45, 7) is 1.94. The topological polar surface area (TPSA) is 32.3 Å². The molecule has 0 aromatic rings. The second kappa shape index (κ2) is 5.13. The molecule has 1 aliphatic heterocycles. The molecule has 2 rings (SSSR count). The van der Waals surface area contributed by atoms with Crippen molar-refractivity contribution < 1.29 is 5.11 Å². The summed E-state index contributed by atoms with van der Waals surface area (Å²) in [5.41, 5.74) is 0. The van der Waals surface area contributed by atoms with Crippen LogP contribution in [0.5, 0.6) is 0 Å². The van der Waals surface area contributed by atoms with E-state index in [1.54, 1.807) is 0 Å². The van der Waals surface area contributed by atoms with Gasteiger partial charge >= 0.3 is 0 Å². The van der Waals surface area contributed by atoms with E-state index in [2.05, 4.69) is 5.32 Å². The highest BCUT2D eigenvalue weighted by Crippen LogP contribution is 2.30. The van der Waals surface area contributed by atoms with Crippen LogP contribution in [0.25, 0.3) is 0 Å². The molecule has 1 saturated heterocycles. The monoisotopic (exact) mass is 197 g/mol. The fourth-order valence-corrected chi connectivity index (χ4v) is 3.08. The maximum atomic E-state index is 9.55. The molecule has 1 saturated carbocycles. The third kappa shape index (κ3) is 2.96. The van der Waals surface area contributed by atoms with E-state index < -0.39 is 0 Å². The zero-order valence-electron chi connectivity index (χ0n) is 9.04. The summed E-state index contributed by atoms with van der Waals surface area (Å²) in [6.07, 6.45) is 9.49. The van der Waals surface area contributed by atoms with Crippen LogP contribution in [0.2, 0.25) is 0 Å². The number of β-amino-alcohol motifs (C(OH)–C–C–N with tert-alkyl or cyclic N) is 1. The van der Waals surface area contributed by atoms with Crippen molar-refractivity contribution in [2.75, 3.05) is 13.1 Å². The lowest BCUT2D eigenvalue weighted by molar-refractivity contribution is 0.102. The summed E-state index contributed by atoms with van der Waals surface area (Å²) >= 11 is 0. The molecule has 2 fully saturated rings. The Kier molecular flexibility index (Phi) is 3.82. The van der Waals surface area contributed by atoms with E-state index in [1.165, 1.54) is 38.5 Å². The molecular formula is C12H23NO. The van der Waals surface area contributed by atoms with Gasteiger partial charge in [-0.15, -0.1) is 0 Å². The normalized spacial score (nSPS) is 35.8. The summed E-state index contributed by atoms with van der Waals surface area (Å²) in [4.78, 5) is 0. The van der Waals surface area contributed by atoms with Gasteiger partial charge in [0.05, 0.1) is 6.10 Å². The van der Waals surface area contributed by atoms with Crippen molar-refractivity contribution in [3.8, 4) is 0 Å². The Labute approximate surface area is 87.1 Å². The number of aliphatic hydroxyl groups is 1. The van der Waals surface area contributed by atoms with E-state index in [0.29, 0.717) is 0 Å². The number of hydrogen-bond donors (Lipinski definition) is 2. The lowest BCUT2D eigenvalue weighted by atomic mass is 9.80. The standard InChI is InChI=1S/C12H23NO/c14-12-7-11(8-13-9-12)6-10-4-2-1-3-5-10/h10-14H,1-9H2. The van der Waals surface area contributed by atoms with Crippen molar-refractivity contribution in [1.82, 2.24) is 5.32 Å². The lowest BCUT2D eigenvalue weighted by Crippen LogP contribution is -2.40. The van der Waals surface area contributed by atoms with Crippen LogP contribution < -0.4 is 5.32 Å². The Morgan fingerprint density at radius 3 is 2.50 bits per heavy atom. The van der Waals surface area contributed by atoms with Crippen molar-refractivity contribution >= 4 is 0 Å². The lowest BCUT2D eigenvalue weighted by Gasteiger charge is -2.31. The first-order valence-corrected chi connectivity index (χ1v) is 6.23. The summed E-state index contributed by atoms with van der Waals surface area (Å²) in [5, 5.41) is 12.9. The molecule has 2 N–H and O–H groups in total. The molecule has 0 spiro atoms. The number of piperidine rings is 1. The van der Waals surface area contributed by atoms with Crippen molar-refractivity contribution in [1.29, 1.82) is 0 Å². The molecule has 0 aromatic carbocycles. The van der Waals surface area contributed by atoms with Gasteiger partial charge in [0.15, 0.2) is 0 Å². The quantitative estimate of drug-likeness (QED) is 0.709. The smallest absolute Gasteiger partial charge is 0.0667 e. The predicted molar refractivity (Wildman–Crippen MR) is 58.2 cm³/mol. The fraction of sp³-hybridized carbons (Fsp3) is 1.00. The third-order valence-electron chi connectivity index (χ3n) is 3.81. The maximum Gasteiger partial charge on any atom is 0.0667 e. The van der Waals surface area contributed by atoms with Crippen LogP contribution in [0.4, 0.5) is 0 Å². The van der Waals surface area contributed by atoms with Gasteiger partial charge in [-0.05, 0) is 31.2 Å². The number of rotatable bonds is 2. The molecule has 14 heavy (non-hydrogen) atoms. The average molecular weight is 197 g/mol. The highest BCUT2D eigenvalue weighted by atomic mass is 16.3. The van der Waals surface area contributed by atoms with E-state index in [1.807, 2.05) is 0 Å². The Morgan fingerprint density at radius 1 is 1.00 bits per heavy atom. The fourth-order valence-electron chi connectivity index (χ4n) is 3.08. The first kappa shape index (κ1) is 10.4. The molecule has 82 valence electrons. The summed E-state index contributed by atoms with van der Waals surface area (Å²) < 4.78 is 0. The third-order valence-corrected chi connectivity index (χ3v) is 3.81. The largest absolute Gasteiger partial charge is 0.392 e. The molecule has 1 aliphatic carbocycles. The Morgan fingerprint density at radius 2 is 1.79 bits per heavy atom. The SMILES string of the molecule is OC1CNCC(CC2CCCCC2)C1. The van der Waals surface area contributed by atoms with E-state index in [9.17, 15) is 5.11 Å². The molecular weight excluding hydrogens is 174 g/mol. The predicted octanol–water partition coefficient (Wildman–Crippen LogP) is 1.93. The van der Waals surface area contributed by atoms with Crippen LogP contribution in [-0.2, 0) is 0 Å². The molecule has 2 heteroatoms. The molecule has 2 aliphatic rings. The second-order valence-corrected chi connectivity index (χ2v) is 5.15. The highest BCUT2D eigenvalue weighted by molar-refractivity contribution is 4.78. The Bertz CT molecular complexity index is 166. The van der Waals surface area contributed by atoms with Gasteiger partial charge in [-0.2, -0.15) is 0 Å². The molecule has 0 amide bonds. The van der Waals surface area contributed by atoms with Crippen LogP contribution >= 0.6 is 0 Å². The molecule has 0 aromatic heterocycles. The first-order valence-electron chi connectivity index (χ1n) is 6.23. The molecule has 2 nitrogen and oxygen atoms in total. The number of nitrogens with one attached hydrogen (secondary N) is 1. The van der Waals surface area contributed by atoms with Gasteiger partial charge in [-0.25, -0.2) is 0 Å².